The van der Waals surface area contributed by atoms with Gasteiger partial charge in [-0.05, 0) is 51.0 Å². The second kappa shape index (κ2) is 8.21. The molecule has 136 valence electrons. The summed E-state index contributed by atoms with van der Waals surface area (Å²) in [4.78, 5) is 24.1. The van der Waals surface area contributed by atoms with Gasteiger partial charge in [-0.15, -0.1) is 0 Å². The Hall–Kier alpha value is -2.26. The number of ether oxygens (including phenoxy) is 2. The van der Waals surface area contributed by atoms with E-state index in [4.69, 9.17) is 21.1 Å². The summed E-state index contributed by atoms with van der Waals surface area (Å²) in [6.45, 7) is 7.84. The molecule has 0 aliphatic rings. The lowest BCUT2D eigenvalue weighted by atomic mass is 9.90. The number of halogens is 1. The minimum Gasteiger partial charge on any atom is -0.476 e. The van der Waals surface area contributed by atoms with Crippen molar-refractivity contribution in [2.75, 3.05) is 6.61 Å². The molecule has 0 saturated heterocycles. The molecule has 0 heterocycles. The van der Waals surface area contributed by atoms with E-state index >= 15 is 0 Å². The van der Waals surface area contributed by atoms with Gasteiger partial charge in [0.25, 0.3) is 5.91 Å². The Morgan fingerprint density at radius 2 is 1.80 bits per heavy atom. The number of amides is 1. The molecule has 7 heteroatoms. The molecule has 25 heavy (non-hydrogen) atoms. The monoisotopic (exact) mass is 366 g/mol. The molecule has 0 fully saturated rings. The average molecular weight is 367 g/mol. The predicted octanol–water partition coefficient (Wildman–Crippen LogP) is 3.10. The van der Waals surface area contributed by atoms with E-state index in [1.54, 1.807) is 31.2 Å². The molecule has 0 spiro atoms. The normalized spacial score (nSPS) is 13.5. The largest absolute Gasteiger partial charge is 0.476 e. The van der Waals surface area contributed by atoms with Crippen LogP contribution in [0.1, 0.15) is 34.6 Å². The first-order chi connectivity index (χ1) is 11.5. The second-order valence-electron chi connectivity index (χ2n) is 6.66. The van der Waals surface area contributed by atoms with E-state index in [1.165, 1.54) is 13.8 Å². The Morgan fingerprint density at radius 3 is 2.28 bits per heavy atom. The Kier molecular flexibility index (Phi) is 6.83. The van der Waals surface area contributed by atoms with Crippen LogP contribution in [-0.4, -0.2) is 29.6 Å². The van der Waals surface area contributed by atoms with Crippen LogP contribution in [0.3, 0.4) is 0 Å². The third-order valence-electron chi connectivity index (χ3n) is 3.80. The highest BCUT2D eigenvalue weighted by Gasteiger charge is 2.34. The minimum atomic E-state index is -1.29. The van der Waals surface area contributed by atoms with Crippen molar-refractivity contribution in [1.29, 1.82) is 5.26 Å². The van der Waals surface area contributed by atoms with Gasteiger partial charge < -0.3 is 14.8 Å². The number of nitrogens with one attached hydrogen (secondary N) is 1. The van der Waals surface area contributed by atoms with Crippen LogP contribution in [0.2, 0.25) is 5.02 Å². The minimum absolute atomic E-state index is 0.0955. The first kappa shape index (κ1) is 20.8. The molecule has 1 atom stereocenters. The fourth-order valence-electron chi connectivity index (χ4n) is 1.77. The predicted molar refractivity (Wildman–Crippen MR) is 94.1 cm³/mol. The van der Waals surface area contributed by atoms with Crippen molar-refractivity contribution in [3.63, 3.8) is 0 Å². The van der Waals surface area contributed by atoms with Crippen molar-refractivity contribution < 1.29 is 19.1 Å². The number of hydrogen-bond acceptors (Lipinski definition) is 5. The number of esters is 1. The maximum atomic E-state index is 12.2. The van der Waals surface area contributed by atoms with Crippen LogP contribution in [-0.2, 0) is 14.3 Å². The zero-order chi connectivity index (χ0) is 19.3. The Bertz CT molecular complexity index is 665. The lowest BCUT2D eigenvalue weighted by Crippen LogP contribution is -2.50. The fourth-order valence-corrected chi connectivity index (χ4v) is 1.90. The Balaban J connectivity index is 2.61. The highest BCUT2D eigenvalue weighted by Crippen LogP contribution is 2.22. The van der Waals surface area contributed by atoms with Crippen LogP contribution >= 0.6 is 11.6 Å². The third-order valence-corrected chi connectivity index (χ3v) is 4.05. The molecule has 1 aromatic carbocycles. The van der Waals surface area contributed by atoms with Crippen LogP contribution < -0.4 is 10.1 Å². The number of nitriles is 1. The second-order valence-corrected chi connectivity index (χ2v) is 7.10. The van der Waals surface area contributed by atoms with Crippen molar-refractivity contribution in [2.45, 2.75) is 45.8 Å². The van der Waals surface area contributed by atoms with Gasteiger partial charge in [0.15, 0.2) is 12.2 Å². The van der Waals surface area contributed by atoms with E-state index in [0.29, 0.717) is 10.8 Å². The third kappa shape index (κ3) is 5.95. The van der Waals surface area contributed by atoms with Gasteiger partial charge in [0.1, 0.15) is 11.3 Å². The summed E-state index contributed by atoms with van der Waals surface area (Å²) in [6.07, 6.45) is 0. The highest BCUT2D eigenvalue weighted by atomic mass is 35.5. The van der Waals surface area contributed by atoms with E-state index < -0.39 is 29.6 Å². The van der Waals surface area contributed by atoms with Crippen LogP contribution in [0.15, 0.2) is 24.3 Å². The molecule has 0 saturated carbocycles. The molecule has 0 aliphatic carbocycles. The maximum absolute atomic E-state index is 12.2. The molecule has 1 aromatic rings. The summed E-state index contributed by atoms with van der Waals surface area (Å²) in [6, 6.07) is 8.59. The average Bonchev–Trinajstić information content (AvgIpc) is 2.54. The first-order valence-corrected chi connectivity index (χ1v) is 8.22. The molecule has 0 unspecified atom stereocenters. The summed E-state index contributed by atoms with van der Waals surface area (Å²) in [5, 5.41) is 12.3. The van der Waals surface area contributed by atoms with Gasteiger partial charge in [-0.25, -0.2) is 4.79 Å². The molecule has 1 rings (SSSR count). The van der Waals surface area contributed by atoms with E-state index in [0.717, 1.165) is 0 Å². The Morgan fingerprint density at radius 1 is 1.24 bits per heavy atom. The number of benzene rings is 1. The summed E-state index contributed by atoms with van der Waals surface area (Å²) in [7, 11) is 0. The number of carbonyl (C=O) groups is 2. The van der Waals surface area contributed by atoms with Crippen molar-refractivity contribution in [3.8, 4) is 11.8 Å². The van der Waals surface area contributed by atoms with Crippen molar-refractivity contribution in [1.82, 2.24) is 5.32 Å². The van der Waals surface area contributed by atoms with Gasteiger partial charge in [0, 0.05) is 5.02 Å². The highest BCUT2D eigenvalue weighted by molar-refractivity contribution is 6.30. The van der Waals surface area contributed by atoms with Gasteiger partial charge in [-0.2, -0.15) is 5.26 Å². The molecule has 6 nitrogen and oxygen atoms in total. The van der Waals surface area contributed by atoms with E-state index in [1.807, 2.05) is 13.8 Å². The van der Waals surface area contributed by atoms with Crippen molar-refractivity contribution in [2.24, 2.45) is 5.92 Å². The molecule has 0 aliphatic heterocycles. The lowest BCUT2D eigenvalue weighted by molar-refractivity contribution is -0.162. The zero-order valence-electron chi connectivity index (χ0n) is 15.1. The van der Waals surface area contributed by atoms with E-state index in [2.05, 4.69) is 11.4 Å². The van der Waals surface area contributed by atoms with Gasteiger partial charge in [0.05, 0.1) is 6.07 Å². The van der Waals surface area contributed by atoms with Crippen LogP contribution in [0.4, 0.5) is 0 Å². The maximum Gasteiger partial charge on any atom is 0.350 e. The summed E-state index contributed by atoms with van der Waals surface area (Å²) in [5.41, 5.74) is -2.32. The quantitative estimate of drug-likeness (QED) is 0.749. The lowest BCUT2D eigenvalue weighted by Gasteiger charge is -2.28. The van der Waals surface area contributed by atoms with Crippen LogP contribution in [0.5, 0.6) is 5.75 Å². The van der Waals surface area contributed by atoms with Crippen molar-refractivity contribution in [3.05, 3.63) is 29.3 Å². The van der Waals surface area contributed by atoms with Gasteiger partial charge >= 0.3 is 5.97 Å². The SMILES string of the molecule is CC(C)[C@](C)(C#N)NC(=O)COC(=O)C(C)(C)Oc1ccc(Cl)cc1. The molecule has 1 amide bonds. The smallest absolute Gasteiger partial charge is 0.350 e. The number of rotatable bonds is 7. The van der Waals surface area contributed by atoms with Crippen LogP contribution in [0, 0.1) is 17.2 Å². The number of hydrogen-bond donors (Lipinski definition) is 1. The van der Waals surface area contributed by atoms with E-state index in [9.17, 15) is 14.9 Å². The summed E-state index contributed by atoms with van der Waals surface area (Å²) < 4.78 is 10.6. The van der Waals surface area contributed by atoms with Crippen LogP contribution in [0.25, 0.3) is 0 Å². The molecule has 1 N–H and O–H groups in total. The molecular formula is C18H23ClN2O4. The van der Waals surface area contributed by atoms with Gasteiger partial charge in [0.2, 0.25) is 0 Å². The standard InChI is InChI=1S/C18H23ClN2O4/c1-12(2)18(5,11-20)21-15(22)10-24-16(23)17(3,4)25-14-8-6-13(19)7-9-14/h6-9,12H,10H2,1-5H3,(H,21,22)/t18-/m0/s1. The molecule has 0 radical (unpaired) electrons. The zero-order valence-corrected chi connectivity index (χ0v) is 15.8. The molecular weight excluding hydrogens is 344 g/mol. The van der Waals surface area contributed by atoms with Crippen molar-refractivity contribution >= 4 is 23.5 Å². The van der Waals surface area contributed by atoms with E-state index in [-0.39, 0.29) is 5.92 Å². The first-order valence-electron chi connectivity index (χ1n) is 7.84. The molecule has 0 aromatic heterocycles. The van der Waals surface area contributed by atoms with Gasteiger partial charge in [-0.1, -0.05) is 25.4 Å². The number of carbonyl (C=O) groups excluding carboxylic acids is 2. The topological polar surface area (TPSA) is 88.4 Å². The molecule has 0 bridgehead atoms. The Labute approximate surface area is 153 Å². The number of nitrogens with zero attached hydrogens (tertiary/aromatic N) is 1. The summed E-state index contributed by atoms with van der Waals surface area (Å²) in [5.74, 6) is -0.885. The fraction of sp³-hybridized carbons (Fsp3) is 0.500. The van der Waals surface area contributed by atoms with Gasteiger partial charge in [-0.3, -0.25) is 4.79 Å². The summed E-state index contributed by atoms with van der Waals surface area (Å²) >= 11 is 5.80.